The first-order valence-corrected chi connectivity index (χ1v) is 5.33. The quantitative estimate of drug-likeness (QED) is 0.812. The van der Waals surface area contributed by atoms with E-state index in [0.29, 0.717) is 5.76 Å². The minimum atomic E-state index is -0.164. The lowest BCUT2D eigenvalue weighted by Gasteiger charge is -2.11. The molecule has 0 atom stereocenters. The van der Waals surface area contributed by atoms with Gasteiger partial charge in [0.05, 0.1) is 6.54 Å². The van der Waals surface area contributed by atoms with E-state index in [1.54, 1.807) is 13.1 Å². The maximum absolute atomic E-state index is 11.2. The molecule has 0 radical (unpaired) electrons. The number of carbonyl (C=O) groups excluding carboxylic acids is 1. The van der Waals surface area contributed by atoms with Gasteiger partial charge in [-0.3, -0.25) is 9.69 Å². The standard InChI is InChI=1S/C11H16N2O2/c1-12-11(14)10-5-4-9(15-10)8-13-6-2-3-7-13/h4-5H,2-3,6-8H2,1H3,(H,12,14). The van der Waals surface area contributed by atoms with Crippen molar-refractivity contribution in [3.05, 3.63) is 23.7 Å². The number of carbonyl (C=O) groups is 1. The second kappa shape index (κ2) is 4.49. The maximum Gasteiger partial charge on any atom is 0.286 e. The molecule has 15 heavy (non-hydrogen) atoms. The van der Waals surface area contributed by atoms with Gasteiger partial charge < -0.3 is 9.73 Å². The van der Waals surface area contributed by atoms with Crippen LogP contribution in [0.25, 0.3) is 0 Å². The summed E-state index contributed by atoms with van der Waals surface area (Å²) in [6.07, 6.45) is 2.53. The van der Waals surface area contributed by atoms with Gasteiger partial charge in [-0.15, -0.1) is 0 Å². The molecule has 1 aliphatic heterocycles. The second-order valence-electron chi connectivity index (χ2n) is 3.83. The van der Waals surface area contributed by atoms with E-state index >= 15 is 0 Å². The van der Waals surface area contributed by atoms with E-state index in [-0.39, 0.29) is 5.91 Å². The van der Waals surface area contributed by atoms with Gasteiger partial charge in [0.25, 0.3) is 5.91 Å². The van der Waals surface area contributed by atoms with Gasteiger partial charge in [-0.2, -0.15) is 0 Å². The van der Waals surface area contributed by atoms with Crippen molar-refractivity contribution in [1.29, 1.82) is 0 Å². The number of nitrogens with one attached hydrogen (secondary N) is 1. The highest BCUT2D eigenvalue weighted by molar-refractivity contribution is 5.91. The Bertz CT molecular complexity index is 340. The molecule has 1 N–H and O–H groups in total. The zero-order valence-electron chi connectivity index (χ0n) is 8.95. The third-order valence-electron chi connectivity index (χ3n) is 2.69. The molecular weight excluding hydrogens is 192 g/mol. The van der Waals surface area contributed by atoms with Gasteiger partial charge in [0.1, 0.15) is 5.76 Å². The molecule has 1 aliphatic rings. The molecule has 0 bridgehead atoms. The molecule has 2 rings (SSSR count). The second-order valence-corrected chi connectivity index (χ2v) is 3.83. The van der Waals surface area contributed by atoms with Crippen LogP contribution in [-0.4, -0.2) is 30.9 Å². The van der Waals surface area contributed by atoms with Gasteiger partial charge in [0, 0.05) is 7.05 Å². The first-order valence-electron chi connectivity index (χ1n) is 5.33. The zero-order valence-corrected chi connectivity index (χ0v) is 8.95. The van der Waals surface area contributed by atoms with Crippen LogP contribution in [0.5, 0.6) is 0 Å². The Morgan fingerprint density at radius 2 is 2.20 bits per heavy atom. The lowest BCUT2D eigenvalue weighted by atomic mass is 10.4. The molecule has 1 amide bonds. The number of nitrogens with zero attached hydrogens (tertiary/aromatic N) is 1. The summed E-state index contributed by atoms with van der Waals surface area (Å²) in [5.41, 5.74) is 0. The Kier molecular flexibility index (Phi) is 3.06. The summed E-state index contributed by atoms with van der Waals surface area (Å²) in [4.78, 5) is 13.6. The molecule has 0 spiro atoms. The Morgan fingerprint density at radius 1 is 1.47 bits per heavy atom. The smallest absolute Gasteiger partial charge is 0.286 e. The average Bonchev–Trinajstić information content (AvgIpc) is 2.88. The van der Waals surface area contributed by atoms with Gasteiger partial charge in [0.15, 0.2) is 5.76 Å². The van der Waals surface area contributed by atoms with E-state index in [1.807, 2.05) is 6.07 Å². The predicted octanol–water partition coefficient (Wildman–Crippen LogP) is 1.24. The highest BCUT2D eigenvalue weighted by Crippen LogP contribution is 2.14. The van der Waals surface area contributed by atoms with E-state index in [0.717, 1.165) is 25.4 Å². The van der Waals surface area contributed by atoms with E-state index in [4.69, 9.17) is 4.42 Å². The lowest BCUT2D eigenvalue weighted by Crippen LogP contribution is -2.18. The fourth-order valence-corrected chi connectivity index (χ4v) is 1.87. The van der Waals surface area contributed by atoms with Crippen LogP contribution in [0.4, 0.5) is 0 Å². The summed E-state index contributed by atoms with van der Waals surface area (Å²) in [5, 5.41) is 2.54. The highest BCUT2D eigenvalue weighted by Gasteiger charge is 2.15. The van der Waals surface area contributed by atoms with Crippen LogP contribution in [0.1, 0.15) is 29.2 Å². The van der Waals surface area contributed by atoms with E-state index in [1.165, 1.54) is 12.8 Å². The molecule has 82 valence electrons. The van der Waals surface area contributed by atoms with E-state index < -0.39 is 0 Å². The average molecular weight is 208 g/mol. The normalized spacial score (nSPS) is 16.9. The van der Waals surface area contributed by atoms with E-state index in [9.17, 15) is 4.79 Å². The summed E-state index contributed by atoms with van der Waals surface area (Å²) in [7, 11) is 1.60. The lowest BCUT2D eigenvalue weighted by molar-refractivity contribution is 0.0932. The molecule has 0 unspecified atom stereocenters. The summed E-state index contributed by atoms with van der Waals surface area (Å²) in [6.45, 7) is 3.09. The molecule has 1 fully saturated rings. The molecule has 4 nitrogen and oxygen atoms in total. The summed E-state index contributed by atoms with van der Waals surface area (Å²) < 4.78 is 5.44. The molecule has 0 aliphatic carbocycles. The summed E-state index contributed by atoms with van der Waals surface area (Å²) in [6, 6.07) is 3.60. The number of hydrogen-bond acceptors (Lipinski definition) is 3. The number of furan rings is 1. The number of hydrogen-bond donors (Lipinski definition) is 1. The fraction of sp³-hybridized carbons (Fsp3) is 0.545. The molecule has 4 heteroatoms. The largest absolute Gasteiger partial charge is 0.455 e. The molecule has 0 aromatic carbocycles. The molecule has 2 heterocycles. The van der Waals surface area contributed by atoms with Crippen LogP contribution in [0, 0.1) is 0 Å². The van der Waals surface area contributed by atoms with Crippen molar-refractivity contribution in [2.45, 2.75) is 19.4 Å². The van der Waals surface area contributed by atoms with Crippen molar-refractivity contribution in [2.24, 2.45) is 0 Å². The third kappa shape index (κ3) is 2.39. The van der Waals surface area contributed by atoms with Crippen LogP contribution in [0.2, 0.25) is 0 Å². The number of rotatable bonds is 3. The Morgan fingerprint density at radius 3 is 2.87 bits per heavy atom. The number of likely N-dealkylation sites (tertiary alicyclic amines) is 1. The summed E-state index contributed by atoms with van der Waals surface area (Å²) >= 11 is 0. The van der Waals surface area contributed by atoms with Crippen molar-refractivity contribution in [3.8, 4) is 0 Å². The molecular formula is C11H16N2O2. The van der Waals surface area contributed by atoms with Crippen molar-refractivity contribution < 1.29 is 9.21 Å². The van der Waals surface area contributed by atoms with Crippen molar-refractivity contribution in [3.63, 3.8) is 0 Å². The van der Waals surface area contributed by atoms with Crippen molar-refractivity contribution in [1.82, 2.24) is 10.2 Å². The third-order valence-corrected chi connectivity index (χ3v) is 2.69. The summed E-state index contributed by atoms with van der Waals surface area (Å²) in [5.74, 6) is 1.10. The monoisotopic (exact) mass is 208 g/mol. The molecule has 1 saturated heterocycles. The predicted molar refractivity (Wildman–Crippen MR) is 56.6 cm³/mol. The maximum atomic E-state index is 11.2. The fourth-order valence-electron chi connectivity index (χ4n) is 1.87. The number of amides is 1. The van der Waals surface area contributed by atoms with Gasteiger partial charge in [-0.1, -0.05) is 0 Å². The van der Waals surface area contributed by atoms with Crippen molar-refractivity contribution >= 4 is 5.91 Å². The van der Waals surface area contributed by atoms with E-state index in [2.05, 4.69) is 10.2 Å². The van der Waals surface area contributed by atoms with Crippen LogP contribution in [-0.2, 0) is 6.54 Å². The minimum absolute atomic E-state index is 0.164. The van der Waals surface area contributed by atoms with Crippen LogP contribution < -0.4 is 5.32 Å². The first-order chi connectivity index (χ1) is 7.29. The Labute approximate surface area is 89.2 Å². The molecule has 0 saturated carbocycles. The van der Waals surface area contributed by atoms with Crippen LogP contribution in [0.15, 0.2) is 16.5 Å². The molecule has 1 aromatic rings. The van der Waals surface area contributed by atoms with Gasteiger partial charge in [0.2, 0.25) is 0 Å². The van der Waals surface area contributed by atoms with Gasteiger partial charge in [-0.05, 0) is 38.1 Å². The minimum Gasteiger partial charge on any atom is -0.455 e. The Hall–Kier alpha value is -1.29. The van der Waals surface area contributed by atoms with Crippen molar-refractivity contribution in [2.75, 3.05) is 20.1 Å². The van der Waals surface area contributed by atoms with Crippen LogP contribution >= 0.6 is 0 Å². The first kappa shape index (κ1) is 10.2. The SMILES string of the molecule is CNC(=O)c1ccc(CN2CCCC2)o1. The van der Waals surface area contributed by atoms with Gasteiger partial charge >= 0.3 is 0 Å². The van der Waals surface area contributed by atoms with Gasteiger partial charge in [-0.25, -0.2) is 0 Å². The highest BCUT2D eigenvalue weighted by atomic mass is 16.4. The van der Waals surface area contributed by atoms with Crippen LogP contribution in [0.3, 0.4) is 0 Å². The Balaban J connectivity index is 1.97. The zero-order chi connectivity index (χ0) is 10.7. The topological polar surface area (TPSA) is 45.5 Å². The molecule has 1 aromatic heterocycles.